The van der Waals surface area contributed by atoms with Crippen LogP contribution in [0.4, 0.5) is 0 Å². The summed E-state index contributed by atoms with van der Waals surface area (Å²) in [5.41, 5.74) is 2.60. The highest BCUT2D eigenvalue weighted by molar-refractivity contribution is 5.81. The van der Waals surface area contributed by atoms with Gasteiger partial charge in [0.1, 0.15) is 11.3 Å². The molecule has 25 heavy (non-hydrogen) atoms. The number of ether oxygens (including phenoxy) is 1. The van der Waals surface area contributed by atoms with Gasteiger partial charge in [-0.2, -0.15) is 0 Å². The minimum absolute atomic E-state index is 0.314. The number of aromatic nitrogens is 1. The van der Waals surface area contributed by atoms with Crippen molar-refractivity contribution in [2.75, 3.05) is 13.7 Å². The lowest BCUT2D eigenvalue weighted by molar-refractivity contribution is 0.241. The molecule has 1 saturated heterocycles. The minimum atomic E-state index is -0.314. The lowest BCUT2D eigenvalue weighted by atomic mass is 10.1. The predicted octanol–water partition coefficient (Wildman–Crippen LogP) is 3.48. The molecule has 0 unspecified atom stereocenters. The van der Waals surface area contributed by atoms with E-state index in [4.69, 9.17) is 9.15 Å². The van der Waals surface area contributed by atoms with Crippen molar-refractivity contribution in [2.45, 2.75) is 25.4 Å². The largest absolute Gasteiger partial charge is 0.497 e. The number of fused-ring (bicyclic) bond motifs is 1. The van der Waals surface area contributed by atoms with E-state index in [0.29, 0.717) is 17.4 Å². The molecule has 1 fully saturated rings. The van der Waals surface area contributed by atoms with Gasteiger partial charge in [-0.15, -0.1) is 0 Å². The van der Waals surface area contributed by atoms with E-state index < -0.39 is 0 Å². The van der Waals surface area contributed by atoms with E-state index in [0.717, 1.165) is 30.5 Å². The standard InChI is InChI=1S/C20H22N2O3/c1-21-9-3-5-17(21)18-6-4-10-22(18)13-14-11-20(23)25-19-12-15(24-2)7-8-16(14)19/h3,5,7-9,11-12,18H,4,6,10,13H2,1-2H3/t18-/m1/s1. The van der Waals surface area contributed by atoms with Gasteiger partial charge in [0.05, 0.1) is 13.2 Å². The number of hydrogen-bond acceptors (Lipinski definition) is 4. The Bertz CT molecular complexity index is 957. The van der Waals surface area contributed by atoms with Crippen LogP contribution in [0.25, 0.3) is 11.0 Å². The lowest BCUT2D eigenvalue weighted by Gasteiger charge is -2.25. The Morgan fingerprint density at radius 1 is 1.28 bits per heavy atom. The first-order valence-corrected chi connectivity index (χ1v) is 8.62. The maximum Gasteiger partial charge on any atom is 0.336 e. The van der Waals surface area contributed by atoms with Gasteiger partial charge in [-0.3, -0.25) is 4.90 Å². The molecule has 0 N–H and O–H groups in total. The third-order valence-electron chi connectivity index (χ3n) is 5.10. The highest BCUT2D eigenvalue weighted by Crippen LogP contribution is 2.34. The van der Waals surface area contributed by atoms with Crippen LogP contribution in [-0.4, -0.2) is 23.1 Å². The van der Waals surface area contributed by atoms with Crippen LogP contribution in [0.15, 0.2) is 51.8 Å². The molecule has 1 aromatic carbocycles. The Balaban J connectivity index is 1.70. The van der Waals surface area contributed by atoms with Gasteiger partial charge in [0, 0.05) is 43.0 Å². The molecular weight excluding hydrogens is 316 g/mol. The van der Waals surface area contributed by atoms with Crippen molar-refractivity contribution < 1.29 is 9.15 Å². The molecule has 0 saturated carbocycles. The number of methoxy groups -OCH3 is 1. The second-order valence-corrected chi connectivity index (χ2v) is 6.63. The van der Waals surface area contributed by atoms with E-state index in [1.807, 2.05) is 12.1 Å². The van der Waals surface area contributed by atoms with Gasteiger partial charge in [-0.1, -0.05) is 0 Å². The number of rotatable bonds is 4. The molecule has 0 radical (unpaired) electrons. The van der Waals surface area contributed by atoms with E-state index in [-0.39, 0.29) is 5.63 Å². The molecular formula is C20H22N2O3. The SMILES string of the molecule is COc1ccc2c(CN3CCC[C@@H]3c3cccn3C)cc(=O)oc2c1. The van der Waals surface area contributed by atoms with Gasteiger partial charge >= 0.3 is 5.63 Å². The van der Waals surface area contributed by atoms with Crippen molar-refractivity contribution in [3.05, 3.63) is 64.3 Å². The molecule has 3 aromatic rings. The smallest absolute Gasteiger partial charge is 0.336 e. The molecule has 5 heteroatoms. The number of hydrogen-bond donors (Lipinski definition) is 0. The molecule has 0 aliphatic carbocycles. The molecule has 3 heterocycles. The zero-order valence-electron chi connectivity index (χ0n) is 14.6. The minimum Gasteiger partial charge on any atom is -0.497 e. The fourth-order valence-corrected chi connectivity index (χ4v) is 3.86. The predicted molar refractivity (Wildman–Crippen MR) is 96.8 cm³/mol. The lowest BCUT2D eigenvalue weighted by Crippen LogP contribution is -2.24. The second kappa shape index (κ2) is 6.41. The van der Waals surface area contributed by atoms with Gasteiger partial charge in [-0.25, -0.2) is 4.79 Å². The van der Waals surface area contributed by atoms with Crippen molar-refractivity contribution in [3.63, 3.8) is 0 Å². The first-order valence-electron chi connectivity index (χ1n) is 8.62. The normalized spacial score (nSPS) is 18.1. The topological polar surface area (TPSA) is 47.6 Å². The number of benzene rings is 1. The third kappa shape index (κ3) is 2.96. The summed E-state index contributed by atoms with van der Waals surface area (Å²) in [6.45, 7) is 1.78. The van der Waals surface area contributed by atoms with Crippen LogP contribution in [0.3, 0.4) is 0 Å². The number of likely N-dealkylation sites (tertiary alicyclic amines) is 1. The van der Waals surface area contributed by atoms with Crippen LogP contribution in [-0.2, 0) is 13.6 Å². The highest BCUT2D eigenvalue weighted by Gasteiger charge is 2.28. The zero-order valence-corrected chi connectivity index (χ0v) is 14.6. The summed E-state index contributed by atoms with van der Waals surface area (Å²) in [4.78, 5) is 14.5. The second-order valence-electron chi connectivity index (χ2n) is 6.63. The van der Waals surface area contributed by atoms with Crippen molar-refractivity contribution in [1.29, 1.82) is 0 Å². The summed E-state index contributed by atoms with van der Waals surface area (Å²) in [7, 11) is 3.70. The van der Waals surface area contributed by atoms with E-state index in [1.165, 1.54) is 12.1 Å². The summed E-state index contributed by atoms with van der Waals surface area (Å²) in [6.07, 6.45) is 4.40. The van der Waals surface area contributed by atoms with Crippen LogP contribution < -0.4 is 10.4 Å². The summed E-state index contributed by atoms with van der Waals surface area (Å²) in [5, 5.41) is 0.970. The Morgan fingerprint density at radius 3 is 2.92 bits per heavy atom. The van der Waals surface area contributed by atoms with Crippen molar-refractivity contribution in [3.8, 4) is 5.75 Å². The average Bonchev–Trinajstić information content (AvgIpc) is 3.22. The monoisotopic (exact) mass is 338 g/mol. The zero-order chi connectivity index (χ0) is 17.4. The van der Waals surface area contributed by atoms with E-state index in [2.05, 4.69) is 34.8 Å². The number of nitrogens with zero attached hydrogens (tertiary/aromatic N) is 2. The Kier molecular flexibility index (Phi) is 4.09. The molecule has 1 atom stereocenters. The summed E-state index contributed by atoms with van der Waals surface area (Å²) < 4.78 is 12.8. The van der Waals surface area contributed by atoms with Gasteiger partial charge in [0.15, 0.2) is 0 Å². The molecule has 2 aromatic heterocycles. The molecule has 0 amide bonds. The third-order valence-corrected chi connectivity index (χ3v) is 5.10. The fraction of sp³-hybridized carbons (Fsp3) is 0.350. The van der Waals surface area contributed by atoms with Gasteiger partial charge < -0.3 is 13.7 Å². The summed E-state index contributed by atoms with van der Waals surface area (Å²) >= 11 is 0. The van der Waals surface area contributed by atoms with Gasteiger partial charge in [-0.05, 0) is 49.2 Å². The molecule has 5 nitrogen and oxygen atoms in total. The average molecular weight is 338 g/mol. The van der Waals surface area contributed by atoms with Crippen molar-refractivity contribution in [2.24, 2.45) is 7.05 Å². The Hall–Kier alpha value is -2.53. The summed E-state index contributed by atoms with van der Waals surface area (Å²) in [6, 6.07) is 11.9. The highest BCUT2D eigenvalue weighted by atomic mass is 16.5. The molecule has 0 bridgehead atoms. The van der Waals surface area contributed by atoms with Crippen molar-refractivity contribution in [1.82, 2.24) is 9.47 Å². The first-order chi connectivity index (χ1) is 12.2. The summed E-state index contributed by atoms with van der Waals surface area (Å²) in [5.74, 6) is 0.690. The van der Waals surface area contributed by atoms with E-state index in [1.54, 1.807) is 19.2 Å². The number of aryl methyl sites for hydroxylation is 1. The van der Waals surface area contributed by atoms with Crippen molar-refractivity contribution >= 4 is 11.0 Å². The maximum absolute atomic E-state index is 12.0. The van der Waals surface area contributed by atoms with Crippen LogP contribution >= 0.6 is 0 Å². The molecule has 1 aliphatic heterocycles. The molecule has 130 valence electrons. The van der Waals surface area contributed by atoms with Crippen LogP contribution in [0.2, 0.25) is 0 Å². The molecule has 4 rings (SSSR count). The van der Waals surface area contributed by atoms with E-state index in [9.17, 15) is 4.79 Å². The molecule has 0 spiro atoms. The van der Waals surface area contributed by atoms with Crippen LogP contribution in [0, 0.1) is 0 Å². The molecule has 1 aliphatic rings. The maximum atomic E-state index is 12.0. The Morgan fingerprint density at radius 2 is 2.16 bits per heavy atom. The first kappa shape index (κ1) is 16.0. The van der Waals surface area contributed by atoms with E-state index >= 15 is 0 Å². The van der Waals surface area contributed by atoms with Crippen LogP contribution in [0.5, 0.6) is 5.75 Å². The Labute approximate surface area is 146 Å². The fourth-order valence-electron chi connectivity index (χ4n) is 3.86. The van der Waals surface area contributed by atoms with Gasteiger partial charge in [0.2, 0.25) is 0 Å². The quantitative estimate of drug-likeness (QED) is 0.684. The van der Waals surface area contributed by atoms with Gasteiger partial charge in [0.25, 0.3) is 0 Å². The van der Waals surface area contributed by atoms with Crippen LogP contribution in [0.1, 0.15) is 30.1 Å².